The molecule has 0 bridgehead atoms. The van der Waals surface area contributed by atoms with Gasteiger partial charge in [-0.25, -0.2) is 4.99 Å². The number of hydrogen-bond donors (Lipinski definition) is 0. The van der Waals surface area contributed by atoms with Crippen LogP contribution in [0.2, 0.25) is 5.02 Å². The summed E-state index contributed by atoms with van der Waals surface area (Å²) >= 11 is 7.52. The number of ketones is 1. The maximum atomic E-state index is 12.5. The van der Waals surface area contributed by atoms with Crippen molar-refractivity contribution in [2.75, 3.05) is 5.75 Å². The molecule has 29 heavy (non-hydrogen) atoms. The quantitative estimate of drug-likeness (QED) is 0.526. The summed E-state index contributed by atoms with van der Waals surface area (Å²) in [6.07, 6.45) is 0. The molecule has 0 radical (unpaired) electrons. The Morgan fingerprint density at radius 2 is 2.14 bits per heavy atom. The van der Waals surface area contributed by atoms with Crippen LogP contribution >= 0.6 is 23.4 Å². The summed E-state index contributed by atoms with van der Waals surface area (Å²) in [6, 6.07) is 6.57. The van der Waals surface area contributed by atoms with E-state index in [1.54, 1.807) is 19.1 Å². The summed E-state index contributed by atoms with van der Waals surface area (Å²) in [5, 5.41) is 11.9. The number of Topliss-reactive ketones (excluding diaryl/α,β-unsaturated/α-hetero) is 1. The number of allylic oxidation sites excluding steroid dienone is 1. The number of furan rings is 1. The van der Waals surface area contributed by atoms with E-state index in [1.807, 2.05) is 0 Å². The van der Waals surface area contributed by atoms with Crippen molar-refractivity contribution in [2.24, 2.45) is 4.99 Å². The Labute approximate surface area is 174 Å². The Hall–Kier alpha value is -2.91. The van der Waals surface area contributed by atoms with Gasteiger partial charge in [0.05, 0.1) is 15.7 Å². The maximum absolute atomic E-state index is 12.5. The molecule has 0 N–H and O–H groups in total. The summed E-state index contributed by atoms with van der Waals surface area (Å²) < 4.78 is 5.96. The molecular formula is C19H14ClN3O5S. The highest BCUT2D eigenvalue weighted by Gasteiger charge is 2.43. The van der Waals surface area contributed by atoms with Crippen molar-refractivity contribution in [1.29, 1.82) is 0 Å². The lowest BCUT2D eigenvalue weighted by Crippen LogP contribution is -2.38. The van der Waals surface area contributed by atoms with Crippen LogP contribution in [0.4, 0.5) is 5.69 Å². The summed E-state index contributed by atoms with van der Waals surface area (Å²) in [5.41, 5.74) is 1.13. The standard InChI is InChI=1S/C19H14ClN3O5S/c1-9-17(10(2)24)18(22-16(25)8-29-19(22)21-9)15-6-5-14(28-15)12-7-11(23(26)27)3-4-13(12)20/h3-7,18H,8H2,1-2H3/t18-/m0/s1. The molecule has 1 aromatic heterocycles. The molecule has 1 amide bonds. The monoisotopic (exact) mass is 431 g/mol. The van der Waals surface area contributed by atoms with E-state index in [2.05, 4.69) is 4.99 Å². The number of carbonyl (C=O) groups excluding carboxylic acids is 2. The fourth-order valence-corrected chi connectivity index (χ4v) is 4.57. The number of thioether (sulfide) groups is 1. The van der Waals surface area contributed by atoms with Gasteiger partial charge >= 0.3 is 0 Å². The number of benzene rings is 1. The highest BCUT2D eigenvalue weighted by atomic mass is 35.5. The average molecular weight is 432 g/mol. The molecule has 0 saturated carbocycles. The molecule has 1 atom stereocenters. The maximum Gasteiger partial charge on any atom is 0.270 e. The Balaban J connectivity index is 1.82. The minimum atomic E-state index is -0.742. The Morgan fingerprint density at radius 3 is 2.83 bits per heavy atom. The lowest BCUT2D eigenvalue weighted by molar-refractivity contribution is -0.384. The predicted molar refractivity (Wildman–Crippen MR) is 109 cm³/mol. The normalized spacial score (nSPS) is 18.7. The van der Waals surface area contributed by atoms with E-state index >= 15 is 0 Å². The van der Waals surface area contributed by atoms with Crippen molar-refractivity contribution in [3.8, 4) is 11.3 Å². The largest absolute Gasteiger partial charge is 0.458 e. The van der Waals surface area contributed by atoms with Gasteiger partial charge in [-0.15, -0.1) is 0 Å². The molecule has 0 aliphatic carbocycles. The highest BCUT2D eigenvalue weighted by Crippen LogP contribution is 2.43. The van der Waals surface area contributed by atoms with Gasteiger partial charge in [-0.2, -0.15) is 0 Å². The van der Waals surface area contributed by atoms with E-state index in [0.717, 1.165) is 0 Å². The minimum absolute atomic E-state index is 0.124. The number of aliphatic imine (C=N–C) groups is 1. The lowest BCUT2D eigenvalue weighted by Gasteiger charge is -2.31. The molecule has 0 spiro atoms. The van der Waals surface area contributed by atoms with Crippen LogP contribution in [0.3, 0.4) is 0 Å². The molecule has 3 heterocycles. The summed E-state index contributed by atoms with van der Waals surface area (Å²) in [7, 11) is 0. The molecule has 2 aromatic rings. The zero-order chi connectivity index (χ0) is 20.9. The first-order valence-electron chi connectivity index (χ1n) is 8.57. The Kier molecular flexibility index (Phi) is 4.79. The van der Waals surface area contributed by atoms with Crippen LogP contribution in [0, 0.1) is 10.1 Å². The first kappa shape index (κ1) is 19.4. The molecule has 1 saturated heterocycles. The van der Waals surface area contributed by atoms with E-state index in [4.69, 9.17) is 16.0 Å². The molecule has 8 nitrogen and oxygen atoms in total. The number of halogens is 1. The van der Waals surface area contributed by atoms with Crippen molar-refractivity contribution in [3.05, 3.63) is 62.5 Å². The van der Waals surface area contributed by atoms with Crippen LogP contribution in [0.5, 0.6) is 0 Å². The molecule has 2 aliphatic rings. The van der Waals surface area contributed by atoms with Crippen molar-refractivity contribution >= 4 is 45.9 Å². The fourth-order valence-electron chi connectivity index (χ4n) is 3.42. The van der Waals surface area contributed by atoms with Gasteiger partial charge in [0.1, 0.15) is 17.6 Å². The van der Waals surface area contributed by atoms with Crippen LogP contribution in [0.1, 0.15) is 25.6 Å². The predicted octanol–water partition coefficient (Wildman–Crippen LogP) is 4.36. The van der Waals surface area contributed by atoms with E-state index in [-0.39, 0.29) is 28.2 Å². The Bertz CT molecular complexity index is 1140. The number of amides is 1. The third-order valence-electron chi connectivity index (χ3n) is 4.69. The van der Waals surface area contributed by atoms with E-state index in [9.17, 15) is 19.7 Å². The number of amidine groups is 1. The van der Waals surface area contributed by atoms with E-state index in [0.29, 0.717) is 33.5 Å². The topological polar surface area (TPSA) is 106 Å². The van der Waals surface area contributed by atoms with Crippen LogP contribution in [0.15, 0.2) is 51.0 Å². The molecule has 148 valence electrons. The number of hydrogen-bond acceptors (Lipinski definition) is 7. The number of nitro benzene ring substituents is 1. The molecule has 1 fully saturated rings. The molecule has 1 aromatic carbocycles. The average Bonchev–Trinajstić information content (AvgIpc) is 3.28. The zero-order valence-corrected chi connectivity index (χ0v) is 16.9. The fraction of sp³-hybridized carbons (Fsp3) is 0.211. The molecule has 4 rings (SSSR count). The van der Waals surface area contributed by atoms with Crippen molar-refractivity contribution in [3.63, 3.8) is 0 Å². The van der Waals surface area contributed by atoms with Gasteiger partial charge in [0.15, 0.2) is 11.0 Å². The van der Waals surface area contributed by atoms with Crippen LogP contribution < -0.4 is 0 Å². The zero-order valence-electron chi connectivity index (χ0n) is 15.3. The van der Waals surface area contributed by atoms with Gasteiger partial charge in [0.25, 0.3) is 5.69 Å². The van der Waals surface area contributed by atoms with Crippen molar-refractivity contribution < 1.29 is 18.9 Å². The molecule has 0 unspecified atom stereocenters. The van der Waals surface area contributed by atoms with Gasteiger partial charge in [-0.05, 0) is 32.0 Å². The second kappa shape index (κ2) is 7.16. The number of nitrogens with zero attached hydrogens (tertiary/aromatic N) is 3. The van der Waals surface area contributed by atoms with E-state index in [1.165, 1.54) is 41.8 Å². The first-order chi connectivity index (χ1) is 13.8. The smallest absolute Gasteiger partial charge is 0.270 e. The lowest BCUT2D eigenvalue weighted by atomic mass is 9.96. The second-order valence-corrected chi connectivity index (χ2v) is 7.88. The summed E-state index contributed by atoms with van der Waals surface area (Å²) in [5.74, 6) is 0.508. The van der Waals surface area contributed by atoms with Crippen molar-refractivity contribution in [2.45, 2.75) is 19.9 Å². The Morgan fingerprint density at radius 1 is 1.38 bits per heavy atom. The van der Waals surface area contributed by atoms with Gasteiger partial charge in [0.2, 0.25) is 5.91 Å². The first-order valence-corrected chi connectivity index (χ1v) is 9.93. The van der Waals surface area contributed by atoms with Crippen LogP contribution in [-0.2, 0) is 9.59 Å². The summed E-state index contributed by atoms with van der Waals surface area (Å²) in [4.78, 5) is 41.2. The number of fused-ring (bicyclic) bond motifs is 1. The van der Waals surface area contributed by atoms with Gasteiger partial charge in [0, 0.05) is 29.0 Å². The number of carbonyl (C=O) groups is 2. The molecular weight excluding hydrogens is 418 g/mol. The highest BCUT2D eigenvalue weighted by molar-refractivity contribution is 8.15. The number of nitro groups is 1. The van der Waals surface area contributed by atoms with Gasteiger partial charge in [-0.3, -0.25) is 24.6 Å². The number of rotatable bonds is 4. The summed E-state index contributed by atoms with van der Waals surface area (Å²) in [6.45, 7) is 3.14. The van der Waals surface area contributed by atoms with Gasteiger partial charge in [-0.1, -0.05) is 23.4 Å². The molecule has 10 heteroatoms. The minimum Gasteiger partial charge on any atom is -0.458 e. The third-order valence-corrected chi connectivity index (χ3v) is 5.95. The second-order valence-electron chi connectivity index (χ2n) is 6.53. The van der Waals surface area contributed by atoms with Gasteiger partial charge < -0.3 is 4.42 Å². The SMILES string of the molecule is CC(=O)C1=C(C)N=C2SCC(=O)N2[C@H]1c1ccc(-c2cc([N+](=O)[O-])ccc2Cl)o1. The number of non-ortho nitro benzene ring substituents is 1. The van der Waals surface area contributed by atoms with Crippen molar-refractivity contribution in [1.82, 2.24) is 4.90 Å². The van der Waals surface area contributed by atoms with Crippen LogP contribution in [0.25, 0.3) is 11.3 Å². The van der Waals surface area contributed by atoms with E-state index < -0.39 is 11.0 Å². The van der Waals surface area contributed by atoms with Crippen LogP contribution in [-0.4, -0.2) is 32.4 Å². The molecule has 2 aliphatic heterocycles. The third kappa shape index (κ3) is 3.26.